The van der Waals surface area contributed by atoms with Gasteiger partial charge in [-0.3, -0.25) is 4.98 Å². The first-order valence-electron chi connectivity index (χ1n) is 5.40. The van der Waals surface area contributed by atoms with Crippen LogP contribution in [0.1, 0.15) is 31.0 Å². The number of H-pyrrole nitrogens is 1. The second kappa shape index (κ2) is 3.31. The zero-order valence-electron chi connectivity index (χ0n) is 8.48. The quantitative estimate of drug-likeness (QED) is 0.737. The van der Waals surface area contributed by atoms with E-state index < -0.39 is 0 Å². The van der Waals surface area contributed by atoms with Gasteiger partial charge in [-0.1, -0.05) is 6.42 Å². The maximum absolute atomic E-state index is 6.06. The molecule has 0 amide bonds. The summed E-state index contributed by atoms with van der Waals surface area (Å²) in [5.41, 5.74) is 8.05. The van der Waals surface area contributed by atoms with Crippen molar-refractivity contribution in [1.29, 1.82) is 0 Å². The van der Waals surface area contributed by atoms with Crippen LogP contribution in [-0.2, 0) is 0 Å². The first-order chi connectivity index (χ1) is 7.34. The van der Waals surface area contributed by atoms with Crippen LogP contribution in [0.4, 0.5) is 0 Å². The second-order valence-corrected chi connectivity index (χ2v) is 4.22. The highest BCUT2D eigenvalue weighted by Gasteiger charge is 2.27. The molecular formula is C11H14N4. The highest BCUT2D eigenvalue weighted by molar-refractivity contribution is 5.73. The number of aromatic amines is 1. The van der Waals surface area contributed by atoms with Crippen molar-refractivity contribution in [1.82, 2.24) is 15.0 Å². The number of hydrogen-bond acceptors (Lipinski definition) is 3. The topological polar surface area (TPSA) is 67.6 Å². The minimum absolute atomic E-state index is 0.263. The smallest absolute Gasteiger partial charge is 0.111 e. The summed E-state index contributed by atoms with van der Waals surface area (Å²) in [5, 5.41) is 0. The van der Waals surface area contributed by atoms with E-state index in [-0.39, 0.29) is 6.04 Å². The lowest BCUT2D eigenvalue weighted by atomic mass is 10.0. The molecule has 78 valence electrons. The summed E-state index contributed by atoms with van der Waals surface area (Å²) in [4.78, 5) is 12.0. The summed E-state index contributed by atoms with van der Waals surface area (Å²) in [6, 6.07) is 2.19. The van der Waals surface area contributed by atoms with Crippen LogP contribution in [0.15, 0.2) is 18.5 Å². The van der Waals surface area contributed by atoms with Gasteiger partial charge in [0.25, 0.3) is 0 Å². The fourth-order valence-corrected chi connectivity index (χ4v) is 2.38. The van der Waals surface area contributed by atoms with E-state index in [0.29, 0.717) is 5.92 Å². The summed E-state index contributed by atoms with van der Waals surface area (Å²) >= 11 is 0. The summed E-state index contributed by atoms with van der Waals surface area (Å²) in [6.45, 7) is 0. The SMILES string of the molecule is NC1CCCC1c1nc2ccncc2[nH]1. The van der Waals surface area contributed by atoms with Crippen molar-refractivity contribution >= 4 is 11.0 Å². The lowest BCUT2D eigenvalue weighted by Crippen LogP contribution is -2.23. The van der Waals surface area contributed by atoms with Crippen molar-refractivity contribution in [2.45, 2.75) is 31.2 Å². The normalized spacial score (nSPS) is 26.2. The number of imidazole rings is 1. The summed E-state index contributed by atoms with van der Waals surface area (Å²) in [5.74, 6) is 1.43. The van der Waals surface area contributed by atoms with Crippen molar-refractivity contribution in [2.75, 3.05) is 0 Å². The first kappa shape index (κ1) is 8.85. The largest absolute Gasteiger partial charge is 0.340 e. The number of pyridine rings is 1. The Morgan fingerprint density at radius 2 is 2.33 bits per heavy atom. The molecule has 0 radical (unpaired) electrons. The van der Waals surface area contributed by atoms with Crippen LogP contribution >= 0.6 is 0 Å². The third-order valence-corrected chi connectivity index (χ3v) is 3.22. The van der Waals surface area contributed by atoms with Gasteiger partial charge in [0.2, 0.25) is 0 Å². The molecule has 2 atom stereocenters. The Labute approximate surface area is 87.9 Å². The third-order valence-electron chi connectivity index (χ3n) is 3.22. The van der Waals surface area contributed by atoms with Gasteiger partial charge in [-0.25, -0.2) is 4.98 Å². The summed E-state index contributed by atoms with van der Waals surface area (Å²) in [7, 11) is 0. The molecule has 2 aromatic heterocycles. The van der Waals surface area contributed by atoms with Gasteiger partial charge in [-0.2, -0.15) is 0 Å². The van der Waals surface area contributed by atoms with E-state index in [4.69, 9.17) is 5.73 Å². The lowest BCUT2D eigenvalue weighted by molar-refractivity contribution is 0.588. The molecule has 2 unspecified atom stereocenters. The Balaban J connectivity index is 2.04. The molecule has 0 aliphatic heterocycles. The molecule has 1 aliphatic rings. The molecule has 3 N–H and O–H groups in total. The fraction of sp³-hybridized carbons (Fsp3) is 0.455. The average molecular weight is 202 g/mol. The van der Waals surface area contributed by atoms with Crippen molar-refractivity contribution in [2.24, 2.45) is 5.73 Å². The molecule has 1 aliphatic carbocycles. The van der Waals surface area contributed by atoms with Gasteiger partial charge in [0.1, 0.15) is 5.82 Å². The number of hydrogen-bond donors (Lipinski definition) is 2. The zero-order chi connectivity index (χ0) is 10.3. The Morgan fingerprint density at radius 3 is 3.07 bits per heavy atom. The molecule has 0 spiro atoms. The Bertz CT molecular complexity index is 443. The Hall–Kier alpha value is -1.42. The summed E-state index contributed by atoms with van der Waals surface area (Å²) in [6.07, 6.45) is 7.04. The van der Waals surface area contributed by atoms with Gasteiger partial charge in [-0.15, -0.1) is 0 Å². The molecule has 2 heterocycles. The van der Waals surface area contributed by atoms with E-state index in [9.17, 15) is 0 Å². The maximum atomic E-state index is 6.06. The predicted octanol–water partition coefficient (Wildman–Crippen LogP) is 1.55. The Morgan fingerprint density at radius 1 is 1.40 bits per heavy atom. The molecule has 4 heteroatoms. The molecule has 15 heavy (non-hydrogen) atoms. The van der Waals surface area contributed by atoms with Gasteiger partial charge in [-0.05, 0) is 18.9 Å². The zero-order valence-corrected chi connectivity index (χ0v) is 8.48. The number of rotatable bonds is 1. The van der Waals surface area contributed by atoms with Crippen LogP contribution in [0.5, 0.6) is 0 Å². The van der Waals surface area contributed by atoms with Gasteiger partial charge >= 0.3 is 0 Å². The highest BCUT2D eigenvalue weighted by atomic mass is 14.9. The lowest BCUT2D eigenvalue weighted by Gasteiger charge is -2.11. The molecule has 4 nitrogen and oxygen atoms in total. The van der Waals surface area contributed by atoms with Crippen molar-refractivity contribution in [3.8, 4) is 0 Å². The first-order valence-corrected chi connectivity index (χ1v) is 5.40. The molecule has 3 rings (SSSR count). The van der Waals surface area contributed by atoms with Gasteiger partial charge in [0.15, 0.2) is 0 Å². The van der Waals surface area contributed by atoms with E-state index in [1.807, 2.05) is 12.3 Å². The molecule has 0 bridgehead atoms. The van der Waals surface area contributed by atoms with Crippen molar-refractivity contribution in [3.05, 3.63) is 24.3 Å². The highest BCUT2D eigenvalue weighted by Crippen LogP contribution is 2.32. The van der Waals surface area contributed by atoms with Gasteiger partial charge in [0.05, 0.1) is 17.2 Å². The fourth-order valence-electron chi connectivity index (χ4n) is 2.38. The Kier molecular flexibility index (Phi) is 1.95. The van der Waals surface area contributed by atoms with E-state index in [0.717, 1.165) is 29.7 Å². The number of fused-ring (bicyclic) bond motifs is 1. The van der Waals surface area contributed by atoms with Crippen LogP contribution < -0.4 is 5.73 Å². The van der Waals surface area contributed by atoms with Gasteiger partial charge in [0, 0.05) is 18.2 Å². The van der Waals surface area contributed by atoms with Crippen molar-refractivity contribution < 1.29 is 0 Å². The van der Waals surface area contributed by atoms with E-state index in [1.54, 1.807) is 6.20 Å². The van der Waals surface area contributed by atoms with E-state index in [2.05, 4.69) is 15.0 Å². The van der Waals surface area contributed by atoms with Crippen LogP contribution in [0.3, 0.4) is 0 Å². The predicted molar refractivity (Wildman–Crippen MR) is 58.5 cm³/mol. The molecule has 2 aromatic rings. The van der Waals surface area contributed by atoms with Crippen LogP contribution in [0.2, 0.25) is 0 Å². The standard InChI is InChI=1S/C11H14N4/c12-8-3-1-2-7(8)11-14-9-4-5-13-6-10(9)15-11/h4-8H,1-3,12H2,(H,14,15). The van der Waals surface area contributed by atoms with Crippen LogP contribution in [0.25, 0.3) is 11.0 Å². The number of aromatic nitrogens is 3. The average Bonchev–Trinajstić information content (AvgIpc) is 2.82. The number of nitrogens with zero attached hydrogens (tertiary/aromatic N) is 2. The number of nitrogens with two attached hydrogens (primary N) is 1. The molecule has 0 aromatic carbocycles. The minimum atomic E-state index is 0.263. The molecule has 1 saturated carbocycles. The number of nitrogens with one attached hydrogen (secondary N) is 1. The van der Waals surface area contributed by atoms with E-state index in [1.165, 1.54) is 6.42 Å². The van der Waals surface area contributed by atoms with Gasteiger partial charge < -0.3 is 10.7 Å². The molecular weight excluding hydrogens is 188 g/mol. The van der Waals surface area contributed by atoms with Crippen LogP contribution in [-0.4, -0.2) is 21.0 Å². The van der Waals surface area contributed by atoms with Crippen LogP contribution in [0, 0.1) is 0 Å². The monoisotopic (exact) mass is 202 g/mol. The van der Waals surface area contributed by atoms with Crippen molar-refractivity contribution in [3.63, 3.8) is 0 Å². The minimum Gasteiger partial charge on any atom is -0.340 e. The summed E-state index contributed by atoms with van der Waals surface area (Å²) < 4.78 is 0. The van der Waals surface area contributed by atoms with E-state index >= 15 is 0 Å². The second-order valence-electron chi connectivity index (χ2n) is 4.22. The molecule has 1 fully saturated rings. The molecule has 0 saturated heterocycles. The third kappa shape index (κ3) is 1.41. The maximum Gasteiger partial charge on any atom is 0.111 e.